The number of nitrogens with one attached hydrogen (secondary N) is 2. The van der Waals surface area contributed by atoms with Gasteiger partial charge in [0.25, 0.3) is 0 Å². The van der Waals surface area contributed by atoms with E-state index in [1.165, 1.54) is 0 Å². The first kappa shape index (κ1) is 16.6. The molecule has 2 N–H and O–H groups in total. The second kappa shape index (κ2) is 7.49. The van der Waals surface area contributed by atoms with Crippen LogP contribution in [0.25, 0.3) is 0 Å². The highest BCUT2D eigenvalue weighted by atomic mass is 35.5. The molecule has 2 aromatic rings. The first-order valence-corrected chi connectivity index (χ1v) is 7.38. The van der Waals surface area contributed by atoms with E-state index in [1.54, 1.807) is 42.5 Å². The number of urea groups is 1. The monoisotopic (exact) mass is 356 g/mol. The second-order valence-electron chi connectivity index (χ2n) is 4.39. The molecule has 0 saturated heterocycles. The summed E-state index contributed by atoms with van der Waals surface area (Å²) in [4.78, 5) is 23.6. The van der Waals surface area contributed by atoms with Gasteiger partial charge in [0.15, 0.2) is 0 Å². The minimum absolute atomic E-state index is 0.0907. The van der Waals surface area contributed by atoms with Crippen LogP contribution in [-0.2, 0) is 11.2 Å². The van der Waals surface area contributed by atoms with E-state index in [4.69, 9.17) is 34.8 Å². The normalized spacial score (nSPS) is 10.1. The van der Waals surface area contributed by atoms with E-state index in [9.17, 15) is 9.59 Å². The van der Waals surface area contributed by atoms with Crippen LogP contribution in [0.5, 0.6) is 0 Å². The lowest BCUT2D eigenvalue weighted by Gasteiger charge is -2.08. The summed E-state index contributed by atoms with van der Waals surface area (Å²) in [5.74, 6) is -0.513. The fraction of sp³-hybridized carbons (Fsp3) is 0.0667. The predicted molar refractivity (Wildman–Crippen MR) is 88.8 cm³/mol. The van der Waals surface area contributed by atoms with Gasteiger partial charge in [-0.2, -0.15) is 0 Å². The van der Waals surface area contributed by atoms with Gasteiger partial charge >= 0.3 is 6.03 Å². The number of benzene rings is 2. The van der Waals surface area contributed by atoms with Crippen molar-refractivity contribution in [2.24, 2.45) is 0 Å². The smallest absolute Gasteiger partial charge is 0.308 e. The molecule has 2 rings (SSSR count). The minimum atomic E-state index is -0.643. The van der Waals surface area contributed by atoms with Crippen LogP contribution in [0.1, 0.15) is 5.56 Å². The quantitative estimate of drug-likeness (QED) is 0.847. The second-order valence-corrected chi connectivity index (χ2v) is 5.64. The average Bonchev–Trinajstić information content (AvgIpc) is 2.45. The van der Waals surface area contributed by atoms with Gasteiger partial charge in [0.2, 0.25) is 5.91 Å². The molecule has 0 aliphatic heterocycles. The zero-order valence-corrected chi connectivity index (χ0v) is 13.5. The summed E-state index contributed by atoms with van der Waals surface area (Å²) in [6, 6.07) is 10.8. The maximum absolute atomic E-state index is 11.9. The summed E-state index contributed by atoms with van der Waals surface area (Å²) >= 11 is 17.7. The average molecular weight is 358 g/mol. The third kappa shape index (κ3) is 4.63. The van der Waals surface area contributed by atoms with Gasteiger partial charge in [-0.1, -0.05) is 40.9 Å². The lowest BCUT2D eigenvalue weighted by atomic mass is 10.1. The Bertz CT molecular complexity index is 682. The fourth-order valence-corrected chi connectivity index (χ4v) is 2.39. The van der Waals surface area contributed by atoms with E-state index in [1.807, 2.05) is 0 Å². The van der Waals surface area contributed by atoms with Gasteiger partial charge in [0.05, 0.1) is 6.42 Å². The topological polar surface area (TPSA) is 58.2 Å². The van der Waals surface area contributed by atoms with Crippen molar-refractivity contribution in [3.63, 3.8) is 0 Å². The highest BCUT2D eigenvalue weighted by molar-refractivity contribution is 6.36. The zero-order valence-electron chi connectivity index (χ0n) is 11.2. The van der Waals surface area contributed by atoms with Crippen molar-refractivity contribution in [1.82, 2.24) is 5.32 Å². The van der Waals surface area contributed by atoms with Crippen LogP contribution in [0.3, 0.4) is 0 Å². The number of rotatable bonds is 3. The number of hydrogen-bond acceptors (Lipinski definition) is 2. The van der Waals surface area contributed by atoms with Crippen LogP contribution in [0.4, 0.5) is 10.5 Å². The van der Waals surface area contributed by atoms with Crippen molar-refractivity contribution in [3.8, 4) is 0 Å². The van der Waals surface area contributed by atoms with E-state index in [2.05, 4.69) is 10.6 Å². The van der Waals surface area contributed by atoms with E-state index in [-0.39, 0.29) is 6.42 Å². The molecular formula is C15H11Cl3N2O2. The molecule has 0 unspecified atom stereocenters. The van der Waals surface area contributed by atoms with Gasteiger partial charge < -0.3 is 5.32 Å². The van der Waals surface area contributed by atoms with Gasteiger partial charge in [-0.05, 0) is 42.0 Å². The third-order valence-electron chi connectivity index (χ3n) is 2.75. The van der Waals surface area contributed by atoms with Crippen LogP contribution >= 0.6 is 34.8 Å². The number of carbonyl (C=O) groups excluding carboxylic acids is 2. The molecule has 0 radical (unpaired) electrons. The summed E-state index contributed by atoms with van der Waals surface area (Å²) in [5, 5.41) is 6.03. The molecule has 0 spiro atoms. The van der Waals surface area contributed by atoms with Gasteiger partial charge in [0.1, 0.15) is 0 Å². The SMILES string of the molecule is O=C(Cc1c(Cl)cccc1Cl)NC(=O)Nc1ccc(Cl)cc1. The number of imide groups is 1. The molecule has 3 amide bonds. The first-order chi connectivity index (χ1) is 10.5. The summed E-state index contributed by atoms with van der Waals surface area (Å²) < 4.78 is 0. The lowest BCUT2D eigenvalue weighted by molar-refractivity contribution is -0.119. The van der Waals surface area contributed by atoms with E-state index < -0.39 is 11.9 Å². The highest BCUT2D eigenvalue weighted by Crippen LogP contribution is 2.24. The van der Waals surface area contributed by atoms with Crippen molar-refractivity contribution in [2.45, 2.75) is 6.42 Å². The van der Waals surface area contributed by atoms with Crippen LogP contribution < -0.4 is 10.6 Å². The minimum Gasteiger partial charge on any atom is -0.308 e. The number of anilines is 1. The van der Waals surface area contributed by atoms with E-state index in [0.29, 0.717) is 26.3 Å². The summed E-state index contributed by atoms with van der Waals surface area (Å²) in [6.45, 7) is 0. The van der Waals surface area contributed by atoms with Crippen LogP contribution in [0, 0.1) is 0 Å². The van der Waals surface area contributed by atoms with E-state index >= 15 is 0 Å². The van der Waals surface area contributed by atoms with Crippen LogP contribution in [0.2, 0.25) is 15.1 Å². The Labute approximate surface area is 142 Å². The van der Waals surface area contributed by atoms with Crippen LogP contribution in [-0.4, -0.2) is 11.9 Å². The van der Waals surface area contributed by atoms with Crippen LogP contribution in [0.15, 0.2) is 42.5 Å². The number of halogens is 3. The van der Waals surface area contributed by atoms with Gasteiger partial charge in [-0.25, -0.2) is 4.79 Å². The molecule has 0 saturated carbocycles. The maximum atomic E-state index is 11.9. The molecule has 0 fully saturated rings. The highest BCUT2D eigenvalue weighted by Gasteiger charge is 2.13. The van der Waals surface area contributed by atoms with Gasteiger partial charge in [-0.15, -0.1) is 0 Å². The predicted octanol–water partition coefficient (Wildman–Crippen LogP) is 4.54. The Hall–Kier alpha value is -1.75. The largest absolute Gasteiger partial charge is 0.325 e. The summed E-state index contributed by atoms with van der Waals surface area (Å²) in [6.07, 6.45) is -0.0907. The molecule has 0 bridgehead atoms. The number of amides is 3. The molecule has 114 valence electrons. The Kier molecular flexibility index (Phi) is 5.66. The van der Waals surface area contributed by atoms with Crippen molar-refractivity contribution >= 4 is 52.4 Å². The van der Waals surface area contributed by atoms with Gasteiger partial charge in [-0.3, -0.25) is 10.1 Å². The summed E-state index contributed by atoms with van der Waals surface area (Å²) in [7, 11) is 0. The molecular weight excluding hydrogens is 347 g/mol. The van der Waals surface area contributed by atoms with Crippen molar-refractivity contribution < 1.29 is 9.59 Å². The molecule has 0 aliphatic rings. The maximum Gasteiger partial charge on any atom is 0.325 e. The molecule has 0 aromatic heterocycles. The Morgan fingerprint density at radius 1 is 0.909 bits per heavy atom. The molecule has 0 atom stereocenters. The van der Waals surface area contributed by atoms with E-state index in [0.717, 1.165) is 0 Å². The summed E-state index contributed by atoms with van der Waals surface area (Å²) in [5.41, 5.74) is 0.994. The van der Waals surface area contributed by atoms with Crippen molar-refractivity contribution in [2.75, 3.05) is 5.32 Å². The van der Waals surface area contributed by atoms with Gasteiger partial charge in [0, 0.05) is 20.8 Å². The number of hydrogen-bond donors (Lipinski definition) is 2. The molecule has 4 nitrogen and oxygen atoms in total. The standard InChI is InChI=1S/C15H11Cl3N2O2/c16-9-4-6-10(7-5-9)19-15(22)20-14(21)8-11-12(17)2-1-3-13(11)18/h1-7H,8H2,(H2,19,20,21,22). The third-order valence-corrected chi connectivity index (χ3v) is 3.71. The Morgan fingerprint density at radius 2 is 1.50 bits per heavy atom. The molecule has 0 heterocycles. The lowest BCUT2D eigenvalue weighted by Crippen LogP contribution is -2.35. The Morgan fingerprint density at radius 3 is 2.09 bits per heavy atom. The first-order valence-electron chi connectivity index (χ1n) is 6.25. The molecule has 2 aromatic carbocycles. The molecule has 22 heavy (non-hydrogen) atoms. The fourth-order valence-electron chi connectivity index (χ4n) is 1.73. The van der Waals surface area contributed by atoms with Crippen molar-refractivity contribution in [3.05, 3.63) is 63.1 Å². The number of carbonyl (C=O) groups is 2. The Balaban J connectivity index is 1.94. The molecule has 0 aliphatic carbocycles. The molecule has 7 heteroatoms. The van der Waals surface area contributed by atoms with Crippen molar-refractivity contribution in [1.29, 1.82) is 0 Å². The zero-order chi connectivity index (χ0) is 16.1.